The molecule has 0 amide bonds. The maximum absolute atomic E-state index is 12.5. The Hall–Kier alpha value is -2.31. The van der Waals surface area contributed by atoms with Crippen LogP contribution in [0.3, 0.4) is 0 Å². The summed E-state index contributed by atoms with van der Waals surface area (Å²) >= 11 is 6.06. The highest BCUT2D eigenvalue weighted by molar-refractivity contribution is 7.92. The van der Waals surface area contributed by atoms with Gasteiger partial charge in [0.2, 0.25) is 0 Å². The van der Waals surface area contributed by atoms with Crippen LogP contribution in [0.1, 0.15) is 5.56 Å². The monoisotopic (exact) mass is 347 g/mol. The first-order valence-corrected chi connectivity index (χ1v) is 8.67. The first kappa shape index (κ1) is 15.6. The summed E-state index contributed by atoms with van der Waals surface area (Å²) in [5, 5.41) is 1.31. The van der Waals surface area contributed by atoms with Gasteiger partial charge in [-0.05, 0) is 30.5 Å². The predicted octanol–water partition coefficient (Wildman–Crippen LogP) is 3.82. The number of aliphatic imine (C=N–C) groups is 1. The second-order valence-electron chi connectivity index (χ2n) is 5.00. The Kier molecular flexibility index (Phi) is 4.11. The third kappa shape index (κ3) is 3.09. The average Bonchev–Trinajstić information content (AvgIpc) is 2.91. The van der Waals surface area contributed by atoms with Crippen LogP contribution in [0.5, 0.6) is 0 Å². The van der Waals surface area contributed by atoms with Gasteiger partial charge >= 0.3 is 0 Å². The summed E-state index contributed by atoms with van der Waals surface area (Å²) in [6.45, 7) is 3.87. The van der Waals surface area contributed by atoms with Crippen LogP contribution >= 0.6 is 11.6 Å². The first-order valence-electron chi connectivity index (χ1n) is 6.81. The molecule has 2 N–H and O–H groups in total. The number of rotatable bonds is 5. The van der Waals surface area contributed by atoms with Crippen molar-refractivity contribution in [3.05, 3.63) is 59.2 Å². The molecule has 2 aromatic carbocycles. The number of hydrogen-bond donors (Lipinski definition) is 2. The van der Waals surface area contributed by atoms with E-state index in [9.17, 15) is 8.42 Å². The van der Waals surface area contributed by atoms with E-state index in [1.165, 1.54) is 0 Å². The minimum absolute atomic E-state index is 0.181. The average molecular weight is 348 g/mol. The Bertz CT molecular complexity index is 963. The van der Waals surface area contributed by atoms with Crippen LogP contribution in [-0.4, -0.2) is 20.1 Å². The highest BCUT2D eigenvalue weighted by Gasteiger charge is 2.16. The van der Waals surface area contributed by atoms with E-state index in [0.29, 0.717) is 22.8 Å². The Balaban J connectivity index is 1.95. The molecule has 5 nitrogen and oxygen atoms in total. The van der Waals surface area contributed by atoms with E-state index in [1.807, 2.05) is 6.07 Å². The summed E-state index contributed by atoms with van der Waals surface area (Å²) in [5.41, 5.74) is 2.00. The van der Waals surface area contributed by atoms with Crippen LogP contribution < -0.4 is 4.72 Å². The maximum Gasteiger partial charge on any atom is 0.261 e. The molecule has 0 fully saturated rings. The molecule has 1 aromatic heterocycles. The van der Waals surface area contributed by atoms with Crippen LogP contribution in [0, 0.1) is 0 Å². The van der Waals surface area contributed by atoms with Gasteiger partial charge in [-0.15, -0.1) is 0 Å². The number of H-pyrrole nitrogens is 1. The number of fused-ring (bicyclic) bond motifs is 1. The quantitative estimate of drug-likeness (QED) is 0.688. The normalized spacial score (nSPS) is 11.5. The van der Waals surface area contributed by atoms with E-state index in [0.717, 1.165) is 10.9 Å². The molecule has 3 rings (SSSR count). The summed E-state index contributed by atoms with van der Waals surface area (Å²) in [6.07, 6.45) is 1.63. The Morgan fingerprint density at radius 3 is 2.61 bits per heavy atom. The number of nitrogens with one attached hydrogen (secondary N) is 2. The summed E-state index contributed by atoms with van der Waals surface area (Å²) in [6, 6.07) is 11.8. The van der Waals surface area contributed by atoms with Crippen molar-refractivity contribution in [1.82, 2.24) is 4.98 Å². The van der Waals surface area contributed by atoms with E-state index in [1.54, 1.807) is 42.6 Å². The van der Waals surface area contributed by atoms with Crippen molar-refractivity contribution in [1.29, 1.82) is 0 Å². The van der Waals surface area contributed by atoms with E-state index < -0.39 is 10.0 Å². The molecule has 0 radical (unpaired) electrons. The van der Waals surface area contributed by atoms with Crippen LogP contribution in [0.2, 0.25) is 5.02 Å². The van der Waals surface area contributed by atoms with Crippen LogP contribution in [0.25, 0.3) is 10.9 Å². The minimum atomic E-state index is -3.69. The number of anilines is 1. The Labute approximate surface area is 139 Å². The molecule has 23 heavy (non-hydrogen) atoms. The smallest absolute Gasteiger partial charge is 0.261 e. The van der Waals surface area contributed by atoms with Gasteiger partial charge in [-0.1, -0.05) is 35.9 Å². The largest absolute Gasteiger partial charge is 0.358 e. The van der Waals surface area contributed by atoms with Crippen molar-refractivity contribution >= 4 is 44.9 Å². The number of para-hydroxylation sites is 1. The predicted molar refractivity (Wildman–Crippen MR) is 93.8 cm³/mol. The number of nitrogens with zero attached hydrogens (tertiary/aromatic N) is 1. The molecular formula is C16H14ClN3O2S. The molecule has 0 atom stereocenters. The minimum Gasteiger partial charge on any atom is -0.358 e. The van der Waals surface area contributed by atoms with Crippen LogP contribution in [-0.2, 0) is 16.6 Å². The number of hydrogen-bond acceptors (Lipinski definition) is 3. The van der Waals surface area contributed by atoms with Crippen molar-refractivity contribution in [2.24, 2.45) is 4.99 Å². The lowest BCUT2D eigenvalue weighted by molar-refractivity contribution is 0.601. The number of halogens is 1. The van der Waals surface area contributed by atoms with Gasteiger partial charge in [0.15, 0.2) is 0 Å². The van der Waals surface area contributed by atoms with Crippen LogP contribution in [0.15, 0.2) is 58.5 Å². The number of benzene rings is 2. The second-order valence-corrected chi connectivity index (χ2v) is 7.09. The zero-order valence-corrected chi connectivity index (χ0v) is 13.7. The molecule has 0 aliphatic heterocycles. The van der Waals surface area contributed by atoms with Crippen molar-refractivity contribution < 1.29 is 8.42 Å². The van der Waals surface area contributed by atoms with E-state index in [-0.39, 0.29) is 4.90 Å². The van der Waals surface area contributed by atoms with Crippen molar-refractivity contribution in [3.63, 3.8) is 0 Å². The standard InChI is InChI=1S/C16H14ClN3O2S/c1-18-9-11-5-7-12(8-6-11)23(21,22)20-15-4-2-3-13-14(17)10-19-16(13)15/h2-8,10,19-20H,1,9H2. The van der Waals surface area contributed by atoms with Gasteiger partial charge in [-0.3, -0.25) is 9.71 Å². The van der Waals surface area contributed by atoms with E-state index in [2.05, 4.69) is 21.4 Å². The topological polar surface area (TPSA) is 74.3 Å². The van der Waals surface area contributed by atoms with Gasteiger partial charge in [-0.2, -0.15) is 0 Å². The zero-order valence-electron chi connectivity index (χ0n) is 12.1. The molecule has 0 aliphatic carbocycles. The van der Waals surface area contributed by atoms with E-state index >= 15 is 0 Å². The van der Waals surface area contributed by atoms with Gasteiger partial charge in [0, 0.05) is 11.6 Å². The SMILES string of the molecule is C=NCc1ccc(S(=O)(=O)Nc2cccc3c(Cl)c[nH]c23)cc1. The Morgan fingerprint density at radius 2 is 1.91 bits per heavy atom. The molecule has 0 spiro atoms. The van der Waals surface area contributed by atoms with Crippen LogP contribution in [0.4, 0.5) is 5.69 Å². The molecule has 0 unspecified atom stereocenters. The molecule has 0 saturated carbocycles. The lowest BCUT2D eigenvalue weighted by Crippen LogP contribution is -2.13. The summed E-state index contributed by atoms with van der Waals surface area (Å²) in [4.78, 5) is 6.93. The maximum atomic E-state index is 12.5. The molecule has 0 aliphatic rings. The lowest BCUT2D eigenvalue weighted by atomic mass is 10.2. The fourth-order valence-corrected chi connectivity index (χ4v) is 3.60. The molecule has 3 aromatic rings. The van der Waals surface area contributed by atoms with Gasteiger partial charge in [0.05, 0.1) is 27.7 Å². The van der Waals surface area contributed by atoms with Crippen molar-refractivity contribution in [2.45, 2.75) is 11.4 Å². The molecular weight excluding hydrogens is 334 g/mol. The molecule has 7 heteroatoms. The summed E-state index contributed by atoms with van der Waals surface area (Å²) in [7, 11) is -3.69. The third-order valence-electron chi connectivity index (χ3n) is 3.44. The van der Waals surface area contributed by atoms with Gasteiger partial charge in [0.1, 0.15) is 0 Å². The lowest BCUT2D eigenvalue weighted by Gasteiger charge is -2.09. The molecule has 1 heterocycles. The molecule has 0 bridgehead atoms. The number of aromatic amines is 1. The highest BCUT2D eigenvalue weighted by atomic mass is 35.5. The first-order chi connectivity index (χ1) is 11.0. The summed E-state index contributed by atoms with van der Waals surface area (Å²) in [5.74, 6) is 0. The fourth-order valence-electron chi connectivity index (χ4n) is 2.31. The summed E-state index contributed by atoms with van der Waals surface area (Å²) < 4.78 is 27.6. The number of aromatic nitrogens is 1. The van der Waals surface area contributed by atoms with Gasteiger partial charge in [-0.25, -0.2) is 8.42 Å². The number of sulfonamides is 1. The molecule has 118 valence electrons. The molecule has 0 saturated heterocycles. The Morgan fingerprint density at radius 1 is 1.17 bits per heavy atom. The highest BCUT2D eigenvalue weighted by Crippen LogP contribution is 2.29. The zero-order chi connectivity index (χ0) is 16.4. The fraction of sp³-hybridized carbons (Fsp3) is 0.0625. The van der Waals surface area contributed by atoms with Gasteiger partial charge in [0.25, 0.3) is 10.0 Å². The van der Waals surface area contributed by atoms with Gasteiger partial charge < -0.3 is 4.98 Å². The van der Waals surface area contributed by atoms with Crippen molar-refractivity contribution in [3.8, 4) is 0 Å². The third-order valence-corrected chi connectivity index (χ3v) is 5.13. The van der Waals surface area contributed by atoms with Crippen molar-refractivity contribution in [2.75, 3.05) is 4.72 Å². The van der Waals surface area contributed by atoms with E-state index in [4.69, 9.17) is 11.6 Å². The second kappa shape index (κ2) is 6.06.